The SMILES string of the molecule is CCN(CC)CCN1CCCc2cc([N+](=O)[O-])ccc21. The van der Waals surface area contributed by atoms with Crippen molar-refractivity contribution in [2.24, 2.45) is 0 Å². The van der Waals surface area contributed by atoms with Gasteiger partial charge in [-0.15, -0.1) is 0 Å². The monoisotopic (exact) mass is 277 g/mol. The van der Waals surface area contributed by atoms with Crippen molar-refractivity contribution in [2.45, 2.75) is 26.7 Å². The van der Waals surface area contributed by atoms with Crippen LogP contribution in [0.15, 0.2) is 18.2 Å². The normalized spacial score (nSPS) is 14.4. The molecule has 0 fully saturated rings. The van der Waals surface area contributed by atoms with Gasteiger partial charge in [-0.1, -0.05) is 13.8 Å². The Hall–Kier alpha value is -1.62. The summed E-state index contributed by atoms with van der Waals surface area (Å²) in [5, 5.41) is 10.8. The number of hydrogen-bond acceptors (Lipinski definition) is 4. The molecule has 1 aliphatic heterocycles. The molecule has 2 rings (SSSR count). The van der Waals surface area contributed by atoms with Crippen LogP contribution in [0.1, 0.15) is 25.8 Å². The largest absolute Gasteiger partial charge is 0.370 e. The third-order valence-electron chi connectivity index (χ3n) is 4.07. The lowest BCUT2D eigenvalue weighted by atomic mass is 10.0. The fourth-order valence-corrected chi connectivity index (χ4v) is 2.81. The van der Waals surface area contributed by atoms with E-state index in [1.807, 2.05) is 6.07 Å². The molecule has 5 nitrogen and oxygen atoms in total. The molecular formula is C15H23N3O2. The van der Waals surface area contributed by atoms with Crippen LogP contribution in [-0.2, 0) is 6.42 Å². The Bertz CT molecular complexity index is 472. The second-order valence-electron chi connectivity index (χ2n) is 5.19. The summed E-state index contributed by atoms with van der Waals surface area (Å²) in [6.45, 7) is 9.57. The summed E-state index contributed by atoms with van der Waals surface area (Å²) in [5.74, 6) is 0. The first-order valence-corrected chi connectivity index (χ1v) is 7.40. The molecule has 0 saturated carbocycles. The highest BCUT2D eigenvalue weighted by Gasteiger charge is 2.19. The predicted octanol–water partition coefficient (Wildman–Crippen LogP) is 2.69. The van der Waals surface area contributed by atoms with Gasteiger partial charge in [0.25, 0.3) is 5.69 Å². The molecular weight excluding hydrogens is 254 g/mol. The molecule has 0 unspecified atom stereocenters. The molecule has 0 spiro atoms. The molecule has 0 aromatic heterocycles. The number of rotatable bonds is 6. The molecule has 20 heavy (non-hydrogen) atoms. The molecule has 1 heterocycles. The molecule has 0 aliphatic carbocycles. The number of likely N-dealkylation sites (N-methyl/N-ethyl adjacent to an activating group) is 1. The average Bonchev–Trinajstić information content (AvgIpc) is 2.47. The van der Waals surface area contributed by atoms with Crippen LogP contribution in [-0.4, -0.2) is 42.5 Å². The average molecular weight is 277 g/mol. The quantitative estimate of drug-likeness (QED) is 0.592. The lowest BCUT2D eigenvalue weighted by Crippen LogP contribution is -2.37. The van der Waals surface area contributed by atoms with Crippen molar-refractivity contribution in [1.29, 1.82) is 0 Å². The van der Waals surface area contributed by atoms with E-state index < -0.39 is 0 Å². The second-order valence-corrected chi connectivity index (χ2v) is 5.19. The molecule has 0 N–H and O–H groups in total. The number of nitrogens with zero attached hydrogens (tertiary/aromatic N) is 3. The van der Waals surface area contributed by atoms with Crippen LogP contribution < -0.4 is 4.90 Å². The first-order valence-electron chi connectivity index (χ1n) is 7.40. The highest BCUT2D eigenvalue weighted by atomic mass is 16.6. The van der Waals surface area contributed by atoms with Gasteiger partial charge in [0.05, 0.1) is 4.92 Å². The summed E-state index contributed by atoms with van der Waals surface area (Å²) in [6.07, 6.45) is 2.02. The van der Waals surface area contributed by atoms with Crippen LogP contribution in [0.4, 0.5) is 11.4 Å². The number of non-ortho nitro benzene ring substituents is 1. The Morgan fingerprint density at radius 2 is 2.10 bits per heavy atom. The van der Waals surface area contributed by atoms with Crippen molar-refractivity contribution in [3.05, 3.63) is 33.9 Å². The lowest BCUT2D eigenvalue weighted by Gasteiger charge is -2.33. The number of nitro groups is 1. The molecule has 0 radical (unpaired) electrons. The third-order valence-corrected chi connectivity index (χ3v) is 4.07. The number of fused-ring (bicyclic) bond motifs is 1. The fraction of sp³-hybridized carbons (Fsp3) is 0.600. The first kappa shape index (κ1) is 14.8. The first-order chi connectivity index (χ1) is 9.65. The topological polar surface area (TPSA) is 49.6 Å². The number of aryl methyl sites for hydroxylation is 1. The fourth-order valence-electron chi connectivity index (χ4n) is 2.81. The number of anilines is 1. The maximum atomic E-state index is 10.8. The molecule has 110 valence electrons. The van der Waals surface area contributed by atoms with Crippen molar-refractivity contribution in [3.63, 3.8) is 0 Å². The summed E-state index contributed by atoms with van der Waals surface area (Å²) < 4.78 is 0. The smallest absolute Gasteiger partial charge is 0.269 e. The standard InChI is InChI=1S/C15H23N3O2/c1-3-16(4-2)10-11-17-9-5-6-13-12-14(18(19)20)7-8-15(13)17/h7-8,12H,3-6,9-11H2,1-2H3. The molecule has 0 saturated heterocycles. The van der Waals surface area contributed by atoms with Crippen LogP contribution in [0.25, 0.3) is 0 Å². The van der Waals surface area contributed by atoms with Gasteiger partial charge in [0.1, 0.15) is 0 Å². The molecule has 1 aliphatic rings. The Morgan fingerprint density at radius 3 is 2.75 bits per heavy atom. The molecule has 0 amide bonds. The van der Waals surface area contributed by atoms with E-state index in [0.29, 0.717) is 0 Å². The van der Waals surface area contributed by atoms with E-state index in [2.05, 4.69) is 23.6 Å². The Kier molecular flexibility index (Phi) is 4.95. The Balaban J connectivity index is 2.10. The van der Waals surface area contributed by atoms with Crippen molar-refractivity contribution in [2.75, 3.05) is 37.6 Å². The van der Waals surface area contributed by atoms with Crippen LogP contribution in [0, 0.1) is 10.1 Å². The van der Waals surface area contributed by atoms with Crippen molar-refractivity contribution >= 4 is 11.4 Å². The van der Waals surface area contributed by atoms with E-state index in [1.165, 1.54) is 5.69 Å². The summed E-state index contributed by atoms with van der Waals surface area (Å²) in [5.41, 5.74) is 2.49. The van der Waals surface area contributed by atoms with Gasteiger partial charge in [0.15, 0.2) is 0 Å². The molecule has 0 atom stereocenters. The number of hydrogen-bond donors (Lipinski definition) is 0. The van der Waals surface area contributed by atoms with Gasteiger partial charge in [-0.2, -0.15) is 0 Å². The minimum absolute atomic E-state index is 0.203. The Morgan fingerprint density at radius 1 is 1.35 bits per heavy atom. The zero-order valence-corrected chi connectivity index (χ0v) is 12.3. The van der Waals surface area contributed by atoms with Crippen LogP contribution in [0.2, 0.25) is 0 Å². The highest BCUT2D eigenvalue weighted by molar-refractivity contribution is 5.59. The van der Waals surface area contributed by atoms with Crippen LogP contribution in [0.3, 0.4) is 0 Å². The molecule has 1 aromatic rings. The van der Waals surface area contributed by atoms with Gasteiger partial charge >= 0.3 is 0 Å². The van der Waals surface area contributed by atoms with Gasteiger partial charge in [0.2, 0.25) is 0 Å². The summed E-state index contributed by atoms with van der Waals surface area (Å²) >= 11 is 0. The second kappa shape index (κ2) is 6.70. The minimum atomic E-state index is -0.310. The summed E-state index contributed by atoms with van der Waals surface area (Å²) in [6, 6.07) is 5.27. The van der Waals surface area contributed by atoms with Crippen molar-refractivity contribution < 1.29 is 4.92 Å². The summed E-state index contributed by atoms with van der Waals surface area (Å²) in [4.78, 5) is 15.3. The number of benzene rings is 1. The van der Waals surface area contributed by atoms with E-state index in [-0.39, 0.29) is 10.6 Å². The van der Waals surface area contributed by atoms with E-state index in [1.54, 1.807) is 12.1 Å². The van der Waals surface area contributed by atoms with Crippen LogP contribution >= 0.6 is 0 Å². The van der Waals surface area contributed by atoms with E-state index in [0.717, 1.165) is 51.1 Å². The maximum Gasteiger partial charge on any atom is 0.269 e. The van der Waals surface area contributed by atoms with Gasteiger partial charge in [-0.3, -0.25) is 10.1 Å². The van der Waals surface area contributed by atoms with Gasteiger partial charge in [0, 0.05) is 37.5 Å². The zero-order valence-electron chi connectivity index (χ0n) is 12.3. The lowest BCUT2D eigenvalue weighted by molar-refractivity contribution is -0.384. The third kappa shape index (κ3) is 3.28. The minimum Gasteiger partial charge on any atom is -0.370 e. The highest BCUT2D eigenvalue weighted by Crippen LogP contribution is 2.30. The Labute approximate surface area is 120 Å². The zero-order chi connectivity index (χ0) is 14.5. The summed E-state index contributed by atoms with van der Waals surface area (Å²) in [7, 11) is 0. The van der Waals surface area contributed by atoms with E-state index >= 15 is 0 Å². The molecule has 0 bridgehead atoms. The molecule has 5 heteroatoms. The van der Waals surface area contributed by atoms with Gasteiger partial charge in [-0.05, 0) is 37.6 Å². The van der Waals surface area contributed by atoms with E-state index in [4.69, 9.17) is 0 Å². The van der Waals surface area contributed by atoms with Crippen molar-refractivity contribution in [3.8, 4) is 0 Å². The van der Waals surface area contributed by atoms with E-state index in [9.17, 15) is 10.1 Å². The predicted molar refractivity (Wildman–Crippen MR) is 81.4 cm³/mol. The van der Waals surface area contributed by atoms with Gasteiger partial charge in [-0.25, -0.2) is 0 Å². The molecule has 1 aromatic carbocycles. The van der Waals surface area contributed by atoms with Crippen molar-refractivity contribution in [1.82, 2.24) is 4.90 Å². The van der Waals surface area contributed by atoms with Gasteiger partial charge < -0.3 is 9.80 Å². The number of nitro benzene ring substituents is 1. The van der Waals surface area contributed by atoms with Crippen LogP contribution in [0.5, 0.6) is 0 Å². The maximum absolute atomic E-state index is 10.8.